The molecule has 0 bridgehead atoms. The molecule has 0 spiro atoms. The quantitative estimate of drug-likeness (QED) is 0.533. The first-order chi connectivity index (χ1) is 8.44. The summed E-state index contributed by atoms with van der Waals surface area (Å²) < 4.78 is 99.9. The lowest BCUT2D eigenvalue weighted by atomic mass is 9.97. The molecule has 108 valence electrons. The van der Waals surface area contributed by atoms with Gasteiger partial charge in [-0.2, -0.15) is 26.3 Å². The highest BCUT2D eigenvalue weighted by Crippen LogP contribution is 2.49. The van der Waals surface area contributed by atoms with Crippen LogP contribution in [0.3, 0.4) is 0 Å². The molecular formula is C10H5ClF8. The maximum Gasteiger partial charge on any atom is 0.402 e. The van der Waals surface area contributed by atoms with Crippen molar-refractivity contribution < 1.29 is 35.1 Å². The van der Waals surface area contributed by atoms with Crippen LogP contribution in [-0.2, 0) is 0 Å². The molecule has 1 unspecified atom stereocenters. The van der Waals surface area contributed by atoms with E-state index in [-0.39, 0.29) is 6.07 Å². The van der Waals surface area contributed by atoms with Gasteiger partial charge < -0.3 is 0 Å². The van der Waals surface area contributed by atoms with Crippen molar-refractivity contribution in [2.24, 2.45) is 5.92 Å². The van der Waals surface area contributed by atoms with Crippen LogP contribution in [0.5, 0.6) is 0 Å². The Morgan fingerprint density at radius 2 is 1.37 bits per heavy atom. The summed E-state index contributed by atoms with van der Waals surface area (Å²) >= 11 is 5.10. The minimum Gasteiger partial charge on any atom is -0.207 e. The third kappa shape index (κ3) is 3.71. The van der Waals surface area contributed by atoms with Gasteiger partial charge in [-0.1, -0.05) is 6.07 Å². The molecule has 1 aromatic carbocycles. The average Bonchev–Trinajstić information content (AvgIpc) is 2.11. The summed E-state index contributed by atoms with van der Waals surface area (Å²) in [6.45, 7) is 0. The van der Waals surface area contributed by atoms with E-state index in [0.29, 0.717) is 12.1 Å². The van der Waals surface area contributed by atoms with Crippen LogP contribution >= 0.6 is 11.6 Å². The first-order valence-corrected chi connectivity index (χ1v) is 5.10. The number of rotatable bonds is 2. The zero-order valence-electron chi connectivity index (χ0n) is 8.79. The van der Waals surface area contributed by atoms with Crippen LogP contribution < -0.4 is 0 Å². The molecule has 0 radical (unpaired) electrons. The molecule has 1 aromatic rings. The third-order valence-corrected chi connectivity index (χ3v) is 2.74. The Morgan fingerprint density at radius 3 is 1.74 bits per heavy atom. The van der Waals surface area contributed by atoms with Crippen molar-refractivity contribution in [2.75, 3.05) is 0 Å². The summed E-state index contributed by atoms with van der Waals surface area (Å²) in [5.74, 6) is -6.65. The summed E-state index contributed by atoms with van der Waals surface area (Å²) in [6, 6.07) is 1.14. The molecule has 0 aliphatic rings. The van der Waals surface area contributed by atoms with E-state index in [9.17, 15) is 35.1 Å². The zero-order valence-corrected chi connectivity index (χ0v) is 9.54. The molecule has 0 aliphatic heterocycles. The maximum absolute atomic E-state index is 13.2. The Bertz CT molecular complexity index is 436. The van der Waals surface area contributed by atoms with Crippen molar-refractivity contribution >= 4 is 11.6 Å². The van der Waals surface area contributed by atoms with Gasteiger partial charge in [0.1, 0.15) is 11.6 Å². The molecular weight excluding hydrogens is 308 g/mol. The van der Waals surface area contributed by atoms with E-state index in [0.717, 1.165) is 0 Å². The fraction of sp³-hybridized carbons (Fsp3) is 0.400. The Morgan fingerprint density at radius 1 is 0.895 bits per heavy atom. The third-order valence-electron chi connectivity index (χ3n) is 2.26. The van der Waals surface area contributed by atoms with Crippen molar-refractivity contribution in [2.45, 2.75) is 17.7 Å². The second-order valence-corrected chi connectivity index (χ2v) is 4.10. The van der Waals surface area contributed by atoms with E-state index in [1.165, 1.54) is 0 Å². The Hall–Kier alpha value is -1.05. The Kier molecular flexibility index (Phi) is 4.33. The highest BCUT2D eigenvalue weighted by atomic mass is 35.5. The number of halogens is 9. The molecule has 0 aliphatic carbocycles. The standard InChI is InChI=1S/C10H5ClF8/c11-7(5-2-1-4(12)3-6(5)13)8(9(14,15)16)10(17,18)19/h1-3,7-8H. The first kappa shape index (κ1) is 16.0. The van der Waals surface area contributed by atoms with Crippen LogP contribution in [-0.4, -0.2) is 12.4 Å². The Labute approximate surface area is 107 Å². The van der Waals surface area contributed by atoms with E-state index in [4.69, 9.17) is 11.6 Å². The van der Waals surface area contributed by atoms with E-state index in [1.54, 1.807) is 0 Å². The second-order valence-electron chi connectivity index (χ2n) is 3.63. The molecule has 0 nitrogen and oxygen atoms in total. The molecule has 0 amide bonds. The lowest BCUT2D eigenvalue weighted by Gasteiger charge is -2.27. The summed E-state index contributed by atoms with van der Waals surface area (Å²) in [5.41, 5.74) is -1.07. The summed E-state index contributed by atoms with van der Waals surface area (Å²) in [5, 5.41) is -2.74. The van der Waals surface area contributed by atoms with Gasteiger partial charge in [-0.25, -0.2) is 8.78 Å². The smallest absolute Gasteiger partial charge is 0.207 e. The van der Waals surface area contributed by atoms with Crippen molar-refractivity contribution in [1.29, 1.82) is 0 Å². The van der Waals surface area contributed by atoms with Gasteiger partial charge in [0, 0.05) is 11.6 Å². The molecule has 0 fully saturated rings. The second kappa shape index (κ2) is 5.15. The summed E-state index contributed by atoms with van der Waals surface area (Å²) in [4.78, 5) is 0. The fourth-order valence-electron chi connectivity index (χ4n) is 1.42. The van der Waals surface area contributed by atoms with E-state index >= 15 is 0 Å². The van der Waals surface area contributed by atoms with E-state index in [1.807, 2.05) is 0 Å². The highest BCUT2D eigenvalue weighted by molar-refractivity contribution is 6.21. The van der Waals surface area contributed by atoms with Crippen LogP contribution in [0.2, 0.25) is 0 Å². The summed E-state index contributed by atoms with van der Waals surface area (Å²) in [7, 11) is 0. The van der Waals surface area contributed by atoms with E-state index in [2.05, 4.69) is 0 Å². The van der Waals surface area contributed by atoms with Crippen LogP contribution in [0.1, 0.15) is 10.9 Å². The molecule has 1 rings (SSSR count). The number of benzene rings is 1. The molecule has 9 heteroatoms. The average molecular weight is 313 g/mol. The predicted molar refractivity (Wildman–Crippen MR) is 50.6 cm³/mol. The van der Waals surface area contributed by atoms with Gasteiger partial charge in [0.2, 0.25) is 0 Å². The fourth-order valence-corrected chi connectivity index (χ4v) is 1.88. The largest absolute Gasteiger partial charge is 0.402 e. The van der Waals surface area contributed by atoms with Crippen LogP contribution in [0, 0.1) is 17.6 Å². The Balaban J connectivity index is 3.24. The maximum atomic E-state index is 13.2. The molecule has 1 atom stereocenters. The van der Waals surface area contributed by atoms with E-state index < -0.39 is 40.8 Å². The molecule has 19 heavy (non-hydrogen) atoms. The zero-order chi connectivity index (χ0) is 15.0. The van der Waals surface area contributed by atoms with Gasteiger partial charge in [-0.15, -0.1) is 11.6 Å². The monoisotopic (exact) mass is 312 g/mol. The number of alkyl halides is 7. The van der Waals surface area contributed by atoms with Gasteiger partial charge in [-0.05, 0) is 6.07 Å². The van der Waals surface area contributed by atoms with Gasteiger partial charge in [0.25, 0.3) is 0 Å². The predicted octanol–water partition coefficient (Wildman–Crippen LogP) is 4.99. The molecule has 0 saturated carbocycles. The van der Waals surface area contributed by atoms with Gasteiger partial charge in [0.05, 0.1) is 5.38 Å². The minimum atomic E-state index is -5.70. The van der Waals surface area contributed by atoms with Gasteiger partial charge >= 0.3 is 12.4 Å². The van der Waals surface area contributed by atoms with Crippen molar-refractivity contribution in [1.82, 2.24) is 0 Å². The lowest BCUT2D eigenvalue weighted by Crippen LogP contribution is -2.39. The molecule has 0 N–H and O–H groups in total. The van der Waals surface area contributed by atoms with Crippen LogP contribution in [0.25, 0.3) is 0 Å². The van der Waals surface area contributed by atoms with Crippen molar-refractivity contribution in [3.05, 3.63) is 35.4 Å². The van der Waals surface area contributed by atoms with Crippen LogP contribution in [0.4, 0.5) is 35.1 Å². The molecule has 0 aromatic heterocycles. The van der Waals surface area contributed by atoms with Crippen molar-refractivity contribution in [3.8, 4) is 0 Å². The molecule has 0 heterocycles. The van der Waals surface area contributed by atoms with Gasteiger partial charge in [0.15, 0.2) is 5.92 Å². The first-order valence-electron chi connectivity index (χ1n) is 4.67. The number of hydrogen-bond acceptors (Lipinski definition) is 0. The lowest BCUT2D eigenvalue weighted by molar-refractivity contribution is -0.285. The van der Waals surface area contributed by atoms with Gasteiger partial charge in [-0.3, -0.25) is 0 Å². The van der Waals surface area contributed by atoms with Crippen LogP contribution in [0.15, 0.2) is 18.2 Å². The topological polar surface area (TPSA) is 0 Å². The number of hydrogen-bond donors (Lipinski definition) is 0. The SMILES string of the molecule is Fc1ccc(C(Cl)C(C(F)(F)F)C(F)(F)F)c(F)c1. The normalized spacial score (nSPS) is 14.8. The summed E-state index contributed by atoms with van der Waals surface area (Å²) in [6.07, 6.45) is -11.4. The highest BCUT2D eigenvalue weighted by Gasteiger charge is 2.60. The molecule has 0 saturated heterocycles. The van der Waals surface area contributed by atoms with Crippen molar-refractivity contribution in [3.63, 3.8) is 0 Å². The minimum absolute atomic E-state index is 0.161.